The van der Waals surface area contributed by atoms with Gasteiger partial charge in [0.25, 0.3) is 5.91 Å². The Morgan fingerprint density at radius 3 is 2.43 bits per heavy atom. The lowest BCUT2D eigenvalue weighted by Crippen LogP contribution is -2.33. The van der Waals surface area contributed by atoms with Crippen LogP contribution in [0.2, 0.25) is 5.02 Å². The van der Waals surface area contributed by atoms with Gasteiger partial charge in [-0.3, -0.25) is 24.1 Å². The van der Waals surface area contributed by atoms with E-state index in [-0.39, 0.29) is 47.3 Å². The molecule has 7 nitrogen and oxygen atoms in total. The number of anilines is 1. The molecule has 0 unspecified atom stereocenters. The Hall–Kier alpha value is -2.48. The van der Waals surface area contributed by atoms with Crippen LogP contribution in [0.3, 0.4) is 0 Å². The van der Waals surface area contributed by atoms with Crippen LogP contribution >= 0.6 is 11.6 Å². The molecule has 1 saturated heterocycles. The molecule has 1 aromatic carbocycles. The predicted octanol–water partition coefficient (Wildman–Crippen LogP) is 2.53. The number of hydrogen-bond donors (Lipinski definition) is 1. The van der Waals surface area contributed by atoms with Crippen LogP contribution in [0.4, 0.5) is 10.1 Å². The molecule has 1 saturated carbocycles. The molecule has 1 aliphatic carbocycles. The number of amides is 3. The molecular formula is C19H20ClFN2O5. The Kier molecular flexibility index (Phi) is 6.28. The van der Waals surface area contributed by atoms with Gasteiger partial charge < -0.3 is 10.1 Å². The van der Waals surface area contributed by atoms with Gasteiger partial charge in [-0.05, 0) is 31.0 Å². The van der Waals surface area contributed by atoms with Gasteiger partial charge in [-0.2, -0.15) is 0 Å². The predicted molar refractivity (Wildman–Crippen MR) is 97.8 cm³/mol. The minimum atomic E-state index is -0.720. The largest absolute Gasteiger partial charge is 0.456 e. The molecule has 9 heteroatoms. The van der Waals surface area contributed by atoms with Crippen LogP contribution in [-0.2, 0) is 23.9 Å². The maximum atomic E-state index is 13.6. The monoisotopic (exact) mass is 410 g/mol. The number of rotatable bonds is 6. The molecule has 1 N–H and O–H groups in total. The molecule has 1 heterocycles. The fourth-order valence-corrected chi connectivity index (χ4v) is 3.81. The van der Waals surface area contributed by atoms with E-state index in [1.807, 2.05) is 0 Å². The zero-order valence-electron chi connectivity index (χ0n) is 15.1. The Bertz CT molecular complexity index is 792. The topological polar surface area (TPSA) is 92.8 Å². The number of hydrogen-bond acceptors (Lipinski definition) is 5. The van der Waals surface area contributed by atoms with Crippen molar-refractivity contribution in [1.29, 1.82) is 0 Å². The van der Waals surface area contributed by atoms with E-state index in [0.29, 0.717) is 12.8 Å². The minimum Gasteiger partial charge on any atom is -0.456 e. The first-order valence-corrected chi connectivity index (χ1v) is 9.50. The number of esters is 1. The van der Waals surface area contributed by atoms with Gasteiger partial charge >= 0.3 is 5.97 Å². The number of fused-ring (bicyclic) bond motifs is 1. The third kappa shape index (κ3) is 4.49. The molecule has 3 rings (SSSR count). The summed E-state index contributed by atoms with van der Waals surface area (Å²) in [6.07, 6.45) is 3.08. The van der Waals surface area contributed by atoms with Crippen molar-refractivity contribution in [3.05, 3.63) is 29.0 Å². The van der Waals surface area contributed by atoms with Gasteiger partial charge in [-0.15, -0.1) is 0 Å². The van der Waals surface area contributed by atoms with Gasteiger partial charge in [-0.1, -0.05) is 24.4 Å². The van der Waals surface area contributed by atoms with Crippen molar-refractivity contribution < 1.29 is 28.3 Å². The molecule has 2 aliphatic rings. The van der Waals surface area contributed by atoms with E-state index in [2.05, 4.69) is 5.32 Å². The Morgan fingerprint density at radius 1 is 1.18 bits per heavy atom. The van der Waals surface area contributed by atoms with Crippen LogP contribution in [0.1, 0.15) is 32.1 Å². The second-order valence-electron chi connectivity index (χ2n) is 6.91. The summed E-state index contributed by atoms with van der Waals surface area (Å²) < 4.78 is 18.5. The number of halogens is 2. The Labute approximate surface area is 166 Å². The third-order valence-corrected chi connectivity index (χ3v) is 5.28. The van der Waals surface area contributed by atoms with Crippen LogP contribution in [0, 0.1) is 17.7 Å². The van der Waals surface area contributed by atoms with Gasteiger partial charge in [0.15, 0.2) is 6.61 Å². The normalized spacial score (nSPS) is 21.4. The van der Waals surface area contributed by atoms with Gasteiger partial charge in [0.2, 0.25) is 11.8 Å². The highest BCUT2D eigenvalue weighted by atomic mass is 35.5. The molecule has 2 atom stereocenters. The van der Waals surface area contributed by atoms with E-state index in [9.17, 15) is 23.6 Å². The molecule has 1 aliphatic heterocycles. The van der Waals surface area contributed by atoms with Crippen molar-refractivity contribution in [3.63, 3.8) is 0 Å². The molecule has 150 valence electrons. The van der Waals surface area contributed by atoms with Crippen molar-refractivity contribution in [2.24, 2.45) is 11.8 Å². The van der Waals surface area contributed by atoms with Crippen LogP contribution in [0.25, 0.3) is 0 Å². The molecule has 3 amide bonds. The van der Waals surface area contributed by atoms with Crippen LogP contribution in [0.15, 0.2) is 18.2 Å². The summed E-state index contributed by atoms with van der Waals surface area (Å²) in [5.41, 5.74) is -0.0821. The number of imide groups is 1. The van der Waals surface area contributed by atoms with Crippen LogP contribution in [-0.4, -0.2) is 41.7 Å². The number of nitrogens with zero attached hydrogens (tertiary/aromatic N) is 1. The lowest BCUT2D eigenvalue weighted by molar-refractivity contribution is -0.148. The number of carbonyl (C=O) groups excluding carboxylic acids is 4. The number of likely N-dealkylation sites (tertiary alicyclic amines) is 1. The zero-order chi connectivity index (χ0) is 20.3. The van der Waals surface area contributed by atoms with Crippen LogP contribution < -0.4 is 5.32 Å². The summed E-state index contributed by atoms with van der Waals surface area (Å²) in [6.45, 7) is -0.662. The van der Waals surface area contributed by atoms with E-state index < -0.39 is 24.3 Å². The van der Waals surface area contributed by atoms with Crippen molar-refractivity contribution in [2.45, 2.75) is 32.1 Å². The quantitative estimate of drug-likeness (QED) is 0.574. The smallest absolute Gasteiger partial charge is 0.308 e. The van der Waals surface area contributed by atoms with E-state index in [4.69, 9.17) is 16.3 Å². The first-order chi connectivity index (χ1) is 13.4. The maximum absolute atomic E-state index is 13.6. The average molecular weight is 411 g/mol. The number of benzene rings is 1. The standard InChI is InChI=1S/C19H20ClFN2O5/c20-11-5-6-15(14(21)9-11)22-16(24)10-28-17(25)7-8-23-18(26)12-3-1-2-4-13(12)19(23)27/h5-6,9,12-13H,1-4,7-8,10H2,(H,22,24)/t12-,13-/m0/s1. The fraction of sp³-hybridized carbons (Fsp3) is 0.474. The summed E-state index contributed by atoms with van der Waals surface area (Å²) in [6, 6.07) is 3.75. The van der Waals surface area contributed by atoms with E-state index >= 15 is 0 Å². The second kappa shape index (κ2) is 8.68. The highest BCUT2D eigenvalue weighted by Gasteiger charge is 2.47. The Balaban J connectivity index is 1.44. The summed E-state index contributed by atoms with van der Waals surface area (Å²) in [4.78, 5) is 49.4. The fourth-order valence-electron chi connectivity index (χ4n) is 3.65. The van der Waals surface area contributed by atoms with E-state index in [0.717, 1.165) is 23.8 Å². The van der Waals surface area contributed by atoms with Gasteiger partial charge in [0, 0.05) is 11.6 Å². The number of nitrogens with one attached hydrogen (secondary N) is 1. The second-order valence-corrected chi connectivity index (χ2v) is 7.35. The van der Waals surface area contributed by atoms with Crippen molar-refractivity contribution in [2.75, 3.05) is 18.5 Å². The van der Waals surface area contributed by atoms with E-state index in [1.165, 1.54) is 12.1 Å². The average Bonchev–Trinajstić information content (AvgIpc) is 2.91. The zero-order valence-corrected chi connectivity index (χ0v) is 15.8. The minimum absolute atomic E-state index is 0.0586. The lowest BCUT2D eigenvalue weighted by Gasteiger charge is -2.19. The molecule has 2 fully saturated rings. The van der Waals surface area contributed by atoms with Gasteiger partial charge in [0.1, 0.15) is 5.82 Å². The summed E-state index contributed by atoms with van der Waals surface area (Å²) >= 11 is 5.63. The van der Waals surface area contributed by atoms with Crippen LogP contribution in [0.5, 0.6) is 0 Å². The Morgan fingerprint density at radius 2 is 1.82 bits per heavy atom. The lowest BCUT2D eigenvalue weighted by atomic mass is 9.81. The highest BCUT2D eigenvalue weighted by molar-refractivity contribution is 6.30. The SMILES string of the molecule is O=C(COC(=O)CCN1C(=O)[C@H]2CCCC[C@@H]2C1=O)Nc1ccc(Cl)cc1F. The molecule has 1 aromatic rings. The van der Waals surface area contributed by atoms with Gasteiger partial charge in [-0.25, -0.2) is 4.39 Å². The van der Waals surface area contributed by atoms with E-state index in [1.54, 1.807) is 0 Å². The molecule has 0 spiro atoms. The summed E-state index contributed by atoms with van der Waals surface area (Å²) in [5.74, 6) is -3.12. The summed E-state index contributed by atoms with van der Waals surface area (Å²) in [7, 11) is 0. The van der Waals surface area contributed by atoms with Crippen molar-refractivity contribution in [3.8, 4) is 0 Å². The first kappa shape index (κ1) is 20.3. The van der Waals surface area contributed by atoms with Gasteiger partial charge in [0.05, 0.1) is 23.9 Å². The van der Waals surface area contributed by atoms with Crippen molar-refractivity contribution in [1.82, 2.24) is 4.90 Å². The third-order valence-electron chi connectivity index (χ3n) is 5.04. The summed E-state index contributed by atoms with van der Waals surface area (Å²) in [5, 5.41) is 2.46. The number of carbonyl (C=O) groups is 4. The molecule has 0 bridgehead atoms. The number of ether oxygens (including phenoxy) is 1. The molecule has 0 aromatic heterocycles. The highest BCUT2D eigenvalue weighted by Crippen LogP contribution is 2.37. The first-order valence-electron chi connectivity index (χ1n) is 9.12. The maximum Gasteiger partial charge on any atom is 0.308 e. The molecular weight excluding hydrogens is 391 g/mol. The molecule has 0 radical (unpaired) electrons. The molecule has 28 heavy (non-hydrogen) atoms. The van der Waals surface area contributed by atoms with Crippen molar-refractivity contribution >= 4 is 41.0 Å².